The third kappa shape index (κ3) is 3.19. The highest BCUT2D eigenvalue weighted by Gasteiger charge is 2.31. The molecular weight excluding hydrogens is 352 g/mol. The lowest BCUT2D eigenvalue weighted by Gasteiger charge is -2.31. The molecule has 28 heavy (non-hydrogen) atoms. The van der Waals surface area contributed by atoms with Gasteiger partial charge in [0.05, 0.1) is 19.9 Å². The monoisotopic (exact) mass is 380 g/mol. The predicted octanol–water partition coefficient (Wildman–Crippen LogP) is 4.39. The Balaban J connectivity index is 1.89. The van der Waals surface area contributed by atoms with Gasteiger partial charge in [0.2, 0.25) is 5.91 Å². The Labute approximate surface area is 166 Å². The Morgan fingerprint density at radius 2 is 1.75 bits per heavy atom. The van der Waals surface area contributed by atoms with Crippen molar-refractivity contribution in [2.24, 2.45) is 0 Å². The summed E-state index contributed by atoms with van der Waals surface area (Å²) in [6.45, 7) is 6.23. The number of hydrogen-bond acceptors (Lipinski definition) is 4. The standard InChI is InChI=1S/C23H28N2O3/c1-14-9-15(2)23(28-4)18(10-14)16-12-22(26)24-19-13-21(27-3)20(11-17(16)19)25-7-5-6-8-25/h9-11,13,16H,5-8,12H2,1-4H3,(H,24,26). The second kappa shape index (κ2) is 7.38. The molecule has 2 aromatic carbocycles. The van der Waals surface area contributed by atoms with E-state index in [-0.39, 0.29) is 11.8 Å². The molecule has 1 fully saturated rings. The predicted molar refractivity (Wildman–Crippen MR) is 112 cm³/mol. The number of carbonyl (C=O) groups excluding carboxylic acids is 1. The number of benzene rings is 2. The maximum absolute atomic E-state index is 12.5. The van der Waals surface area contributed by atoms with Crippen LogP contribution < -0.4 is 19.7 Å². The molecule has 2 aliphatic heterocycles. The van der Waals surface area contributed by atoms with Crippen molar-refractivity contribution < 1.29 is 14.3 Å². The Hall–Kier alpha value is -2.69. The average Bonchev–Trinajstić information content (AvgIpc) is 3.20. The molecule has 1 unspecified atom stereocenters. The summed E-state index contributed by atoms with van der Waals surface area (Å²) in [5.41, 5.74) is 6.43. The summed E-state index contributed by atoms with van der Waals surface area (Å²) in [4.78, 5) is 14.9. The van der Waals surface area contributed by atoms with E-state index in [4.69, 9.17) is 9.47 Å². The molecular formula is C23H28N2O3. The summed E-state index contributed by atoms with van der Waals surface area (Å²) < 4.78 is 11.4. The second-order valence-electron chi connectivity index (χ2n) is 7.81. The van der Waals surface area contributed by atoms with E-state index in [2.05, 4.69) is 42.3 Å². The van der Waals surface area contributed by atoms with Gasteiger partial charge in [0, 0.05) is 42.7 Å². The SMILES string of the molecule is COc1cc2c(cc1N1CCCC1)C(c1cc(C)cc(C)c1OC)CC(=O)N2. The quantitative estimate of drug-likeness (QED) is 0.854. The van der Waals surface area contributed by atoms with E-state index >= 15 is 0 Å². The molecule has 2 heterocycles. The molecule has 0 saturated carbocycles. The summed E-state index contributed by atoms with van der Waals surface area (Å²) in [7, 11) is 3.39. The number of amides is 1. The minimum Gasteiger partial charge on any atom is -0.496 e. The Morgan fingerprint density at radius 3 is 2.43 bits per heavy atom. The lowest BCUT2D eigenvalue weighted by molar-refractivity contribution is -0.116. The number of nitrogens with zero attached hydrogens (tertiary/aromatic N) is 1. The molecule has 0 aromatic heterocycles. The second-order valence-corrected chi connectivity index (χ2v) is 7.81. The van der Waals surface area contributed by atoms with Crippen LogP contribution in [0.15, 0.2) is 24.3 Å². The van der Waals surface area contributed by atoms with Crippen molar-refractivity contribution in [3.05, 3.63) is 46.5 Å². The first-order chi connectivity index (χ1) is 13.5. The first kappa shape index (κ1) is 18.7. The Morgan fingerprint density at radius 1 is 1.00 bits per heavy atom. The van der Waals surface area contributed by atoms with Crippen LogP contribution in [0.1, 0.15) is 47.4 Å². The van der Waals surface area contributed by atoms with Crippen LogP contribution in [0.3, 0.4) is 0 Å². The fourth-order valence-corrected chi connectivity index (χ4v) is 4.65. The molecule has 2 aliphatic rings. The van der Waals surface area contributed by atoms with Crippen LogP contribution in [-0.4, -0.2) is 33.2 Å². The minimum absolute atomic E-state index is 0.0229. The van der Waals surface area contributed by atoms with E-state index in [0.29, 0.717) is 6.42 Å². The third-order valence-corrected chi connectivity index (χ3v) is 5.86. The van der Waals surface area contributed by atoms with Crippen molar-refractivity contribution in [1.29, 1.82) is 0 Å². The van der Waals surface area contributed by atoms with Gasteiger partial charge in [0.1, 0.15) is 11.5 Å². The van der Waals surface area contributed by atoms with Crippen molar-refractivity contribution >= 4 is 17.3 Å². The van der Waals surface area contributed by atoms with Crippen LogP contribution in [0.25, 0.3) is 0 Å². The molecule has 5 nitrogen and oxygen atoms in total. The number of rotatable bonds is 4. The fourth-order valence-electron chi connectivity index (χ4n) is 4.65. The van der Waals surface area contributed by atoms with Gasteiger partial charge in [0.15, 0.2) is 0 Å². The molecule has 0 radical (unpaired) electrons. The number of fused-ring (bicyclic) bond motifs is 1. The van der Waals surface area contributed by atoms with E-state index in [1.807, 2.05) is 6.07 Å². The number of nitrogens with one attached hydrogen (secondary N) is 1. The van der Waals surface area contributed by atoms with Crippen molar-refractivity contribution in [1.82, 2.24) is 0 Å². The number of hydrogen-bond donors (Lipinski definition) is 1. The minimum atomic E-state index is -0.0374. The zero-order valence-electron chi connectivity index (χ0n) is 17.1. The first-order valence-electron chi connectivity index (χ1n) is 9.93. The van der Waals surface area contributed by atoms with Gasteiger partial charge in [-0.1, -0.05) is 17.7 Å². The van der Waals surface area contributed by atoms with Crippen LogP contribution >= 0.6 is 0 Å². The van der Waals surface area contributed by atoms with Gasteiger partial charge in [-0.05, 0) is 43.9 Å². The molecule has 0 spiro atoms. The highest BCUT2D eigenvalue weighted by molar-refractivity contribution is 5.96. The lowest BCUT2D eigenvalue weighted by atomic mass is 9.82. The fraction of sp³-hybridized carbons (Fsp3) is 0.435. The molecule has 1 saturated heterocycles. The van der Waals surface area contributed by atoms with Crippen molar-refractivity contribution in [3.63, 3.8) is 0 Å². The molecule has 0 aliphatic carbocycles. The smallest absolute Gasteiger partial charge is 0.225 e. The van der Waals surface area contributed by atoms with Crippen molar-refractivity contribution in [2.75, 3.05) is 37.5 Å². The van der Waals surface area contributed by atoms with Gasteiger partial charge in [-0.15, -0.1) is 0 Å². The van der Waals surface area contributed by atoms with Crippen LogP contribution in [0, 0.1) is 13.8 Å². The third-order valence-electron chi connectivity index (χ3n) is 5.86. The largest absolute Gasteiger partial charge is 0.496 e. The highest BCUT2D eigenvalue weighted by atomic mass is 16.5. The van der Waals surface area contributed by atoms with E-state index in [1.165, 1.54) is 18.4 Å². The first-order valence-corrected chi connectivity index (χ1v) is 9.93. The topological polar surface area (TPSA) is 50.8 Å². The van der Waals surface area contributed by atoms with E-state index in [9.17, 15) is 4.79 Å². The molecule has 1 atom stereocenters. The zero-order chi connectivity index (χ0) is 19.8. The van der Waals surface area contributed by atoms with E-state index in [0.717, 1.165) is 52.7 Å². The highest BCUT2D eigenvalue weighted by Crippen LogP contribution is 2.46. The van der Waals surface area contributed by atoms with Gasteiger partial charge in [-0.25, -0.2) is 0 Å². The van der Waals surface area contributed by atoms with Crippen molar-refractivity contribution in [2.45, 2.75) is 39.0 Å². The van der Waals surface area contributed by atoms with Crippen LogP contribution in [0.5, 0.6) is 11.5 Å². The van der Waals surface area contributed by atoms with Gasteiger partial charge in [0.25, 0.3) is 0 Å². The number of ether oxygens (including phenoxy) is 2. The summed E-state index contributed by atoms with van der Waals surface area (Å²) in [6, 6.07) is 8.46. The van der Waals surface area contributed by atoms with Gasteiger partial charge in [-0.2, -0.15) is 0 Å². The molecule has 0 bridgehead atoms. The van der Waals surface area contributed by atoms with E-state index in [1.54, 1.807) is 14.2 Å². The molecule has 2 aromatic rings. The Kier molecular flexibility index (Phi) is 4.92. The molecule has 148 valence electrons. The number of methoxy groups -OCH3 is 2. The lowest BCUT2D eigenvalue weighted by Crippen LogP contribution is -2.25. The van der Waals surface area contributed by atoms with Gasteiger partial charge >= 0.3 is 0 Å². The Bertz CT molecular complexity index is 917. The van der Waals surface area contributed by atoms with Gasteiger partial charge < -0.3 is 19.7 Å². The summed E-state index contributed by atoms with van der Waals surface area (Å²) in [5, 5.41) is 3.04. The van der Waals surface area contributed by atoms with Crippen molar-refractivity contribution in [3.8, 4) is 11.5 Å². The van der Waals surface area contributed by atoms with Gasteiger partial charge in [-0.3, -0.25) is 4.79 Å². The van der Waals surface area contributed by atoms with Crippen LogP contribution in [0.2, 0.25) is 0 Å². The molecule has 1 N–H and O–H groups in total. The summed E-state index contributed by atoms with van der Waals surface area (Å²) >= 11 is 0. The maximum Gasteiger partial charge on any atom is 0.225 e. The number of aryl methyl sites for hydroxylation is 2. The molecule has 1 amide bonds. The summed E-state index contributed by atoms with van der Waals surface area (Å²) in [6.07, 6.45) is 2.81. The number of anilines is 2. The number of carbonyl (C=O) groups is 1. The summed E-state index contributed by atoms with van der Waals surface area (Å²) in [5.74, 6) is 1.67. The van der Waals surface area contributed by atoms with Crippen LogP contribution in [-0.2, 0) is 4.79 Å². The van der Waals surface area contributed by atoms with E-state index < -0.39 is 0 Å². The molecule has 4 rings (SSSR count). The zero-order valence-corrected chi connectivity index (χ0v) is 17.1. The average molecular weight is 380 g/mol. The molecule has 5 heteroatoms. The maximum atomic E-state index is 12.5. The van der Waals surface area contributed by atoms with Crippen LogP contribution in [0.4, 0.5) is 11.4 Å². The normalized spacial score (nSPS) is 18.6.